The average molecular weight is 250 g/mol. The lowest BCUT2D eigenvalue weighted by Crippen LogP contribution is -2.10. The Kier molecular flexibility index (Phi) is 4.18. The number of ether oxygens (including phenoxy) is 1. The quantitative estimate of drug-likeness (QED) is 0.610. The Morgan fingerprint density at radius 3 is 2.75 bits per heavy atom. The molecule has 0 saturated carbocycles. The summed E-state index contributed by atoms with van der Waals surface area (Å²) in [7, 11) is 0. The topological polar surface area (TPSA) is 39.2 Å². The van der Waals surface area contributed by atoms with Gasteiger partial charge in [0.05, 0.1) is 12.2 Å². The number of nitrogens with zero attached hydrogens (tertiary/aromatic N) is 1. The lowest BCUT2D eigenvalue weighted by molar-refractivity contribution is 0.0518. The molecule has 0 spiro atoms. The number of pyridine rings is 1. The summed E-state index contributed by atoms with van der Waals surface area (Å²) in [6.45, 7) is 3.33. The van der Waals surface area contributed by atoms with Crippen LogP contribution in [-0.4, -0.2) is 17.6 Å². The van der Waals surface area contributed by atoms with Crippen LogP contribution in [0.1, 0.15) is 35.0 Å². The second-order valence-corrected chi connectivity index (χ2v) is 3.41. The summed E-state index contributed by atoms with van der Waals surface area (Å²) in [4.78, 5) is 15.0. The third-order valence-corrected chi connectivity index (χ3v) is 2.20. The Morgan fingerprint density at radius 2 is 2.25 bits per heavy atom. The highest BCUT2D eigenvalue weighted by Crippen LogP contribution is 2.27. The minimum atomic E-state index is -2.71. The van der Waals surface area contributed by atoms with Crippen LogP contribution in [0.5, 0.6) is 0 Å². The van der Waals surface area contributed by atoms with E-state index in [1.165, 1.54) is 6.92 Å². The molecule has 6 heteroatoms. The van der Waals surface area contributed by atoms with Gasteiger partial charge in [0.2, 0.25) is 0 Å². The second-order valence-electron chi connectivity index (χ2n) is 3.06. The van der Waals surface area contributed by atoms with Crippen LogP contribution in [0.2, 0.25) is 5.15 Å². The van der Waals surface area contributed by atoms with E-state index >= 15 is 0 Å². The molecule has 0 aromatic carbocycles. The monoisotopic (exact) mass is 249 g/mol. The van der Waals surface area contributed by atoms with Gasteiger partial charge in [0.15, 0.2) is 5.69 Å². The molecular weight excluding hydrogens is 240 g/mol. The summed E-state index contributed by atoms with van der Waals surface area (Å²) in [5, 5.41) is -0.372. The van der Waals surface area contributed by atoms with Gasteiger partial charge in [-0.2, -0.15) is 0 Å². The molecule has 0 aliphatic heterocycles. The number of carbonyl (C=O) groups is 1. The third kappa shape index (κ3) is 2.66. The summed E-state index contributed by atoms with van der Waals surface area (Å²) in [6, 6.07) is 1.15. The Bertz CT molecular complexity index is 410. The number of esters is 1. The highest BCUT2D eigenvalue weighted by molar-refractivity contribution is 6.30. The van der Waals surface area contributed by atoms with Crippen molar-refractivity contribution in [3.8, 4) is 0 Å². The standard InChI is InChI=1S/C10H10ClF2NO2/c1-3-16-10(15)7-5(2)4-6(9(12)13)8(11)14-7/h4,9H,3H2,1-2H3. The van der Waals surface area contributed by atoms with E-state index < -0.39 is 12.4 Å². The third-order valence-electron chi connectivity index (χ3n) is 1.90. The van der Waals surface area contributed by atoms with Crippen molar-refractivity contribution < 1.29 is 18.3 Å². The maximum Gasteiger partial charge on any atom is 0.357 e. The Morgan fingerprint density at radius 1 is 1.62 bits per heavy atom. The number of rotatable bonds is 3. The largest absolute Gasteiger partial charge is 0.461 e. The lowest BCUT2D eigenvalue weighted by atomic mass is 10.1. The number of aryl methyl sites for hydroxylation is 1. The fourth-order valence-corrected chi connectivity index (χ4v) is 1.39. The Hall–Kier alpha value is -1.23. The van der Waals surface area contributed by atoms with Crippen molar-refractivity contribution in [2.75, 3.05) is 6.61 Å². The van der Waals surface area contributed by atoms with Crippen molar-refractivity contribution in [2.24, 2.45) is 0 Å². The first-order chi connectivity index (χ1) is 7.47. The lowest BCUT2D eigenvalue weighted by Gasteiger charge is -2.08. The van der Waals surface area contributed by atoms with E-state index in [1.54, 1.807) is 6.92 Å². The molecule has 3 nitrogen and oxygen atoms in total. The van der Waals surface area contributed by atoms with Crippen molar-refractivity contribution in [1.82, 2.24) is 4.98 Å². The van der Waals surface area contributed by atoms with Gasteiger partial charge in [0, 0.05) is 0 Å². The molecule has 0 N–H and O–H groups in total. The maximum atomic E-state index is 12.4. The molecule has 0 atom stereocenters. The molecule has 0 saturated heterocycles. The van der Waals surface area contributed by atoms with Gasteiger partial charge in [-0.05, 0) is 25.5 Å². The van der Waals surface area contributed by atoms with Crippen LogP contribution < -0.4 is 0 Å². The molecule has 0 aliphatic rings. The van der Waals surface area contributed by atoms with Gasteiger partial charge < -0.3 is 4.74 Å². The fraction of sp³-hybridized carbons (Fsp3) is 0.400. The van der Waals surface area contributed by atoms with Crippen LogP contribution in [0, 0.1) is 6.92 Å². The van der Waals surface area contributed by atoms with Crippen molar-refractivity contribution in [1.29, 1.82) is 0 Å². The number of hydrogen-bond acceptors (Lipinski definition) is 3. The molecule has 0 radical (unpaired) electrons. The van der Waals surface area contributed by atoms with Crippen LogP contribution in [-0.2, 0) is 4.74 Å². The smallest absolute Gasteiger partial charge is 0.357 e. The van der Waals surface area contributed by atoms with Gasteiger partial charge in [-0.3, -0.25) is 0 Å². The van der Waals surface area contributed by atoms with E-state index in [1.807, 2.05) is 0 Å². The molecule has 1 heterocycles. The molecular formula is C10H10ClF2NO2. The molecule has 1 aromatic heterocycles. The second kappa shape index (κ2) is 5.21. The van der Waals surface area contributed by atoms with Gasteiger partial charge in [-0.15, -0.1) is 0 Å². The van der Waals surface area contributed by atoms with E-state index in [9.17, 15) is 13.6 Å². The van der Waals surface area contributed by atoms with Crippen molar-refractivity contribution in [3.63, 3.8) is 0 Å². The van der Waals surface area contributed by atoms with E-state index in [2.05, 4.69) is 4.98 Å². The van der Waals surface area contributed by atoms with Gasteiger partial charge >= 0.3 is 5.97 Å². The van der Waals surface area contributed by atoms with E-state index in [-0.39, 0.29) is 23.0 Å². The highest BCUT2D eigenvalue weighted by Gasteiger charge is 2.19. The Labute approximate surface area is 96.4 Å². The van der Waals surface area contributed by atoms with Gasteiger partial charge in [0.1, 0.15) is 5.15 Å². The normalized spacial score (nSPS) is 10.6. The first kappa shape index (κ1) is 12.8. The number of carbonyl (C=O) groups excluding carboxylic acids is 1. The zero-order valence-corrected chi connectivity index (χ0v) is 9.52. The minimum absolute atomic E-state index is 0.0312. The van der Waals surface area contributed by atoms with Gasteiger partial charge in [-0.1, -0.05) is 11.6 Å². The zero-order valence-electron chi connectivity index (χ0n) is 8.76. The predicted octanol–water partition coefficient (Wildman–Crippen LogP) is 3.16. The first-order valence-corrected chi connectivity index (χ1v) is 4.97. The number of halogens is 3. The molecule has 88 valence electrons. The average Bonchev–Trinajstić information content (AvgIpc) is 2.20. The Balaban J connectivity index is 3.15. The van der Waals surface area contributed by atoms with E-state index in [4.69, 9.17) is 16.3 Å². The van der Waals surface area contributed by atoms with Crippen molar-refractivity contribution >= 4 is 17.6 Å². The fourth-order valence-electron chi connectivity index (χ4n) is 1.17. The molecule has 0 amide bonds. The van der Waals surface area contributed by atoms with Crippen molar-refractivity contribution in [2.45, 2.75) is 20.3 Å². The van der Waals surface area contributed by atoms with E-state index in [0.29, 0.717) is 5.56 Å². The zero-order chi connectivity index (χ0) is 12.3. The van der Waals surface area contributed by atoms with Crippen LogP contribution in [0.3, 0.4) is 0 Å². The molecule has 0 fully saturated rings. The molecule has 0 aliphatic carbocycles. The summed E-state index contributed by atoms with van der Waals surface area (Å²) in [6.07, 6.45) is -2.71. The highest BCUT2D eigenvalue weighted by atomic mass is 35.5. The van der Waals surface area contributed by atoms with Crippen LogP contribution in [0.15, 0.2) is 6.07 Å². The maximum absolute atomic E-state index is 12.4. The summed E-state index contributed by atoms with van der Waals surface area (Å²) in [5.41, 5.74) is -0.0957. The number of hydrogen-bond donors (Lipinski definition) is 0. The molecule has 1 rings (SSSR count). The molecule has 0 bridgehead atoms. The predicted molar refractivity (Wildman–Crippen MR) is 54.9 cm³/mol. The van der Waals surface area contributed by atoms with Crippen LogP contribution in [0.4, 0.5) is 8.78 Å². The van der Waals surface area contributed by atoms with Crippen molar-refractivity contribution in [3.05, 3.63) is 28.0 Å². The number of aromatic nitrogens is 1. The van der Waals surface area contributed by atoms with Gasteiger partial charge in [0.25, 0.3) is 6.43 Å². The van der Waals surface area contributed by atoms with Crippen LogP contribution >= 0.6 is 11.6 Å². The number of alkyl halides is 2. The summed E-state index contributed by atoms with van der Waals surface area (Å²) >= 11 is 5.54. The molecule has 16 heavy (non-hydrogen) atoms. The summed E-state index contributed by atoms with van der Waals surface area (Å²) < 4.78 is 29.6. The van der Waals surface area contributed by atoms with Crippen LogP contribution in [0.25, 0.3) is 0 Å². The van der Waals surface area contributed by atoms with Gasteiger partial charge in [-0.25, -0.2) is 18.6 Å². The minimum Gasteiger partial charge on any atom is -0.461 e. The molecule has 1 aromatic rings. The first-order valence-electron chi connectivity index (χ1n) is 4.59. The summed E-state index contributed by atoms with van der Waals surface area (Å²) in [5.74, 6) is -0.664. The van der Waals surface area contributed by atoms with E-state index in [0.717, 1.165) is 6.07 Å². The molecule has 0 unspecified atom stereocenters. The SMILES string of the molecule is CCOC(=O)c1nc(Cl)c(C(F)F)cc1C.